The zero-order valence-electron chi connectivity index (χ0n) is 14.2. The third-order valence-electron chi connectivity index (χ3n) is 3.23. The second-order valence-electron chi connectivity index (χ2n) is 5.01. The van der Waals surface area contributed by atoms with Gasteiger partial charge in [-0.2, -0.15) is 0 Å². The van der Waals surface area contributed by atoms with Crippen molar-refractivity contribution in [1.82, 2.24) is 4.90 Å². The van der Waals surface area contributed by atoms with E-state index in [2.05, 4.69) is 4.74 Å². The number of carbonyl (C=O) groups is 3. The molecule has 1 aromatic carbocycles. The lowest BCUT2D eigenvalue weighted by Gasteiger charge is -2.11. The Labute approximate surface area is 160 Å². The van der Waals surface area contributed by atoms with Crippen LogP contribution in [0.3, 0.4) is 0 Å². The summed E-state index contributed by atoms with van der Waals surface area (Å²) in [7, 11) is 1.25. The van der Waals surface area contributed by atoms with Crippen molar-refractivity contribution >= 4 is 52.2 Å². The summed E-state index contributed by atoms with van der Waals surface area (Å²) >= 11 is 6.26. The summed E-state index contributed by atoms with van der Waals surface area (Å²) in [4.78, 5) is 36.6. The van der Waals surface area contributed by atoms with E-state index in [1.807, 2.05) is 0 Å². The Kier molecular flexibility index (Phi) is 7.16. The van der Waals surface area contributed by atoms with Gasteiger partial charge in [-0.3, -0.25) is 14.5 Å². The first-order valence-corrected chi connectivity index (χ1v) is 8.87. The molecule has 138 valence electrons. The van der Waals surface area contributed by atoms with Gasteiger partial charge in [-0.05, 0) is 30.7 Å². The summed E-state index contributed by atoms with van der Waals surface area (Å²) in [6.45, 7) is 1.65. The molecule has 0 bridgehead atoms. The smallest absolute Gasteiger partial charge is 0.344 e. The Bertz CT molecular complexity index is 744. The van der Waals surface area contributed by atoms with Crippen LogP contribution < -0.4 is 4.74 Å². The molecule has 2 rings (SSSR count). The average Bonchev–Trinajstić information content (AvgIpc) is 2.88. The van der Waals surface area contributed by atoms with E-state index in [0.29, 0.717) is 21.6 Å². The fourth-order valence-corrected chi connectivity index (χ4v) is 3.24. The van der Waals surface area contributed by atoms with Gasteiger partial charge in [0.25, 0.3) is 5.91 Å². The monoisotopic (exact) mass is 395 g/mol. The molecule has 26 heavy (non-hydrogen) atoms. The number of carbonyl (C=O) groups excluding carboxylic acids is 3. The molecule has 9 heteroatoms. The van der Waals surface area contributed by atoms with Crippen molar-refractivity contribution < 1.29 is 28.6 Å². The summed E-state index contributed by atoms with van der Waals surface area (Å²) in [5.74, 6) is -0.807. The number of benzene rings is 1. The molecule has 1 aliphatic rings. The third kappa shape index (κ3) is 5.30. The number of amides is 1. The van der Waals surface area contributed by atoms with Crippen LogP contribution in [0.15, 0.2) is 29.2 Å². The molecule has 1 fully saturated rings. The Morgan fingerprint density at radius 1 is 1.23 bits per heavy atom. The molecule has 0 aliphatic carbocycles. The molecular formula is C17H17NO6S2. The predicted molar refractivity (Wildman–Crippen MR) is 100 cm³/mol. The second-order valence-corrected chi connectivity index (χ2v) is 6.68. The van der Waals surface area contributed by atoms with E-state index in [9.17, 15) is 14.4 Å². The van der Waals surface area contributed by atoms with Crippen LogP contribution in [0.25, 0.3) is 6.08 Å². The van der Waals surface area contributed by atoms with Crippen molar-refractivity contribution in [2.75, 3.05) is 26.9 Å². The van der Waals surface area contributed by atoms with Crippen LogP contribution in [0.1, 0.15) is 12.5 Å². The number of methoxy groups -OCH3 is 1. The minimum atomic E-state index is -0.536. The number of thiocarbonyl (C=S) groups is 1. The molecular weight excluding hydrogens is 378 g/mol. The first-order chi connectivity index (χ1) is 12.4. The van der Waals surface area contributed by atoms with E-state index in [4.69, 9.17) is 21.7 Å². The van der Waals surface area contributed by atoms with Gasteiger partial charge in [-0.25, -0.2) is 4.79 Å². The Hall–Kier alpha value is -2.39. The second kappa shape index (κ2) is 9.35. The number of ether oxygens (including phenoxy) is 3. The van der Waals surface area contributed by atoms with E-state index in [1.54, 1.807) is 37.3 Å². The molecule has 0 saturated carbocycles. The number of nitrogens with zero attached hydrogens (tertiary/aromatic N) is 1. The Morgan fingerprint density at radius 2 is 1.92 bits per heavy atom. The normalized spacial score (nSPS) is 15.3. The molecule has 1 aliphatic heterocycles. The molecule has 7 nitrogen and oxygen atoms in total. The van der Waals surface area contributed by atoms with Crippen molar-refractivity contribution in [1.29, 1.82) is 0 Å². The van der Waals surface area contributed by atoms with E-state index >= 15 is 0 Å². The van der Waals surface area contributed by atoms with Crippen LogP contribution in [0.4, 0.5) is 0 Å². The summed E-state index contributed by atoms with van der Waals surface area (Å²) < 4.78 is 15.0. The highest BCUT2D eigenvalue weighted by molar-refractivity contribution is 8.26. The van der Waals surface area contributed by atoms with Crippen LogP contribution in [0.5, 0.6) is 5.75 Å². The molecule has 0 spiro atoms. The predicted octanol–water partition coefficient (Wildman–Crippen LogP) is 2.00. The van der Waals surface area contributed by atoms with Crippen molar-refractivity contribution in [3.63, 3.8) is 0 Å². The zero-order chi connectivity index (χ0) is 19.1. The van der Waals surface area contributed by atoms with Gasteiger partial charge in [0.2, 0.25) is 0 Å². The fraction of sp³-hybridized carbons (Fsp3) is 0.294. The first-order valence-electron chi connectivity index (χ1n) is 7.65. The number of thioether (sulfide) groups is 1. The first kappa shape index (κ1) is 19.9. The summed E-state index contributed by atoms with van der Waals surface area (Å²) in [6.07, 6.45) is 1.67. The Morgan fingerprint density at radius 3 is 2.54 bits per heavy atom. The minimum absolute atomic E-state index is 0.167. The van der Waals surface area contributed by atoms with Crippen LogP contribution in [-0.2, 0) is 23.9 Å². The highest BCUT2D eigenvalue weighted by atomic mass is 32.2. The van der Waals surface area contributed by atoms with Crippen molar-refractivity contribution in [3.8, 4) is 5.75 Å². The van der Waals surface area contributed by atoms with Gasteiger partial charge in [0.15, 0.2) is 6.61 Å². The highest BCUT2D eigenvalue weighted by Gasteiger charge is 2.33. The SMILES string of the molecule is CCOC(=O)COc1ccc(/C=C2\SC(=S)N(CC(=O)OC)C2=O)cc1. The van der Waals surface area contributed by atoms with Gasteiger partial charge in [0.1, 0.15) is 16.6 Å². The molecule has 1 saturated heterocycles. The molecule has 1 heterocycles. The van der Waals surface area contributed by atoms with E-state index < -0.39 is 11.9 Å². The topological polar surface area (TPSA) is 82.1 Å². The lowest BCUT2D eigenvalue weighted by molar-refractivity contribution is -0.145. The molecule has 0 aromatic heterocycles. The summed E-state index contributed by atoms with van der Waals surface area (Å²) in [5, 5.41) is 0. The van der Waals surface area contributed by atoms with Gasteiger partial charge in [-0.15, -0.1) is 0 Å². The number of esters is 2. The maximum Gasteiger partial charge on any atom is 0.344 e. The highest BCUT2D eigenvalue weighted by Crippen LogP contribution is 2.32. The third-order valence-corrected chi connectivity index (χ3v) is 4.61. The number of hydrogen-bond donors (Lipinski definition) is 0. The standard InChI is InChI=1S/C17H17NO6S2/c1-3-23-15(20)10-24-12-6-4-11(5-7-12)8-13-16(21)18(17(25)26-13)9-14(19)22-2/h4-8H,3,9-10H2,1-2H3/b13-8-. The average molecular weight is 395 g/mol. The molecule has 0 atom stereocenters. The Balaban J connectivity index is 2.01. The number of rotatable bonds is 7. The summed E-state index contributed by atoms with van der Waals surface area (Å²) in [5.41, 5.74) is 0.757. The van der Waals surface area contributed by atoms with Crippen molar-refractivity contribution in [2.45, 2.75) is 6.92 Å². The number of hydrogen-bond acceptors (Lipinski definition) is 8. The van der Waals surface area contributed by atoms with E-state index in [-0.39, 0.29) is 19.1 Å². The van der Waals surface area contributed by atoms with Crippen LogP contribution in [0.2, 0.25) is 0 Å². The van der Waals surface area contributed by atoms with Gasteiger partial charge in [0.05, 0.1) is 18.6 Å². The van der Waals surface area contributed by atoms with Crippen molar-refractivity contribution in [2.24, 2.45) is 0 Å². The minimum Gasteiger partial charge on any atom is -0.482 e. The maximum absolute atomic E-state index is 12.3. The quantitative estimate of drug-likeness (QED) is 0.394. The van der Waals surface area contributed by atoms with Crippen LogP contribution in [-0.4, -0.2) is 53.9 Å². The summed E-state index contributed by atoms with van der Waals surface area (Å²) in [6, 6.07) is 6.85. The van der Waals surface area contributed by atoms with Crippen LogP contribution in [0, 0.1) is 0 Å². The zero-order valence-corrected chi connectivity index (χ0v) is 15.9. The largest absolute Gasteiger partial charge is 0.482 e. The maximum atomic E-state index is 12.3. The van der Waals surface area contributed by atoms with E-state index in [0.717, 1.165) is 17.3 Å². The lowest BCUT2D eigenvalue weighted by atomic mass is 10.2. The molecule has 1 amide bonds. The van der Waals surface area contributed by atoms with Crippen LogP contribution >= 0.6 is 24.0 Å². The molecule has 1 aromatic rings. The lowest BCUT2D eigenvalue weighted by Crippen LogP contribution is -2.33. The van der Waals surface area contributed by atoms with Crippen molar-refractivity contribution in [3.05, 3.63) is 34.7 Å². The molecule has 0 radical (unpaired) electrons. The van der Waals surface area contributed by atoms with Gasteiger partial charge >= 0.3 is 11.9 Å². The molecule has 0 unspecified atom stereocenters. The van der Waals surface area contributed by atoms with Gasteiger partial charge in [-0.1, -0.05) is 36.1 Å². The van der Waals surface area contributed by atoms with Gasteiger partial charge in [0, 0.05) is 0 Å². The van der Waals surface area contributed by atoms with E-state index in [1.165, 1.54) is 12.0 Å². The molecule has 0 N–H and O–H groups in total. The van der Waals surface area contributed by atoms with Gasteiger partial charge < -0.3 is 14.2 Å². The fourth-order valence-electron chi connectivity index (χ4n) is 1.99.